The third kappa shape index (κ3) is 1.87. The molecule has 104 valence electrons. The molecule has 3 heterocycles. The number of nitrogens with zero attached hydrogens (tertiary/aromatic N) is 4. The van der Waals surface area contributed by atoms with E-state index in [1.165, 1.54) is 0 Å². The van der Waals surface area contributed by atoms with Crippen LogP contribution in [0.5, 0.6) is 0 Å². The van der Waals surface area contributed by atoms with Crippen molar-refractivity contribution >= 4 is 28.2 Å². The first kappa shape index (κ1) is 12.0. The van der Waals surface area contributed by atoms with Gasteiger partial charge in [0, 0.05) is 12.3 Å². The number of benzene rings is 1. The van der Waals surface area contributed by atoms with Crippen molar-refractivity contribution < 1.29 is 4.79 Å². The van der Waals surface area contributed by atoms with E-state index in [4.69, 9.17) is 0 Å². The van der Waals surface area contributed by atoms with E-state index in [0.29, 0.717) is 6.42 Å². The molecule has 0 saturated heterocycles. The fourth-order valence-corrected chi connectivity index (χ4v) is 2.78. The van der Waals surface area contributed by atoms with Crippen LogP contribution in [0.4, 0.5) is 0 Å². The van der Waals surface area contributed by atoms with Gasteiger partial charge >= 0.3 is 0 Å². The van der Waals surface area contributed by atoms with Gasteiger partial charge in [0.05, 0.1) is 11.2 Å². The Kier molecular flexibility index (Phi) is 2.50. The summed E-state index contributed by atoms with van der Waals surface area (Å²) in [6.45, 7) is 2.02. The first-order valence-corrected chi connectivity index (χ1v) is 6.82. The van der Waals surface area contributed by atoms with Crippen LogP contribution >= 0.6 is 0 Å². The minimum Gasteiger partial charge on any atom is -0.282 e. The number of aromatic nitrogens is 3. The third-order valence-corrected chi connectivity index (χ3v) is 3.83. The predicted molar refractivity (Wildman–Crippen MR) is 79.0 cm³/mol. The van der Waals surface area contributed by atoms with E-state index in [0.717, 1.165) is 27.8 Å². The van der Waals surface area contributed by atoms with Crippen molar-refractivity contribution in [3.05, 3.63) is 42.2 Å². The minimum absolute atomic E-state index is 0.0294. The maximum Gasteiger partial charge on any atom is 0.240 e. The Bertz CT molecular complexity index is 895. The van der Waals surface area contributed by atoms with Crippen LogP contribution in [-0.2, 0) is 4.79 Å². The second-order valence-electron chi connectivity index (χ2n) is 5.30. The van der Waals surface area contributed by atoms with Crippen molar-refractivity contribution in [2.45, 2.75) is 13.3 Å². The number of nitrogens with one attached hydrogen (secondary N) is 1. The Labute approximate surface area is 120 Å². The highest BCUT2D eigenvalue weighted by Gasteiger charge is 2.21. The van der Waals surface area contributed by atoms with Gasteiger partial charge < -0.3 is 0 Å². The highest BCUT2D eigenvalue weighted by molar-refractivity contribution is 6.07. The van der Waals surface area contributed by atoms with Gasteiger partial charge in [0.2, 0.25) is 5.91 Å². The summed E-state index contributed by atoms with van der Waals surface area (Å²) in [4.78, 5) is 11.3. The van der Waals surface area contributed by atoms with Gasteiger partial charge in [0.1, 0.15) is 6.33 Å². The zero-order valence-corrected chi connectivity index (χ0v) is 11.4. The molecule has 21 heavy (non-hydrogen) atoms. The summed E-state index contributed by atoms with van der Waals surface area (Å²) in [7, 11) is 0. The standard InChI is InChI=1S/C15H13N5O/c1-9-6-14(21)18-19-15(9)11-2-4-12-10(7-11)3-5-13-17-16-8-20(12)13/h2-5,7-9H,6H2,1H3,(H,18,21). The molecular weight excluding hydrogens is 266 g/mol. The van der Waals surface area contributed by atoms with Gasteiger partial charge in [-0.15, -0.1) is 10.2 Å². The molecule has 1 aliphatic heterocycles. The van der Waals surface area contributed by atoms with Gasteiger partial charge in [0.15, 0.2) is 5.65 Å². The summed E-state index contributed by atoms with van der Waals surface area (Å²) in [6.07, 6.45) is 2.18. The Balaban J connectivity index is 1.87. The number of hydrogen-bond donors (Lipinski definition) is 1. The molecule has 1 atom stereocenters. The first-order chi connectivity index (χ1) is 10.2. The number of carbonyl (C=O) groups excluding carboxylic acids is 1. The Morgan fingerprint density at radius 1 is 1.29 bits per heavy atom. The summed E-state index contributed by atoms with van der Waals surface area (Å²) < 4.78 is 1.95. The van der Waals surface area contributed by atoms with E-state index in [-0.39, 0.29) is 11.8 Å². The molecule has 1 aromatic carbocycles. The minimum atomic E-state index is -0.0294. The molecule has 0 radical (unpaired) electrons. The van der Waals surface area contributed by atoms with Gasteiger partial charge in [-0.1, -0.05) is 13.0 Å². The topological polar surface area (TPSA) is 71.7 Å². The van der Waals surface area contributed by atoms with Crippen LogP contribution in [0.15, 0.2) is 41.8 Å². The molecule has 6 nitrogen and oxygen atoms in total. The molecule has 1 N–H and O–H groups in total. The van der Waals surface area contributed by atoms with Gasteiger partial charge in [-0.05, 0) is 35.2 Å². The van der Waals surface area contributed by atoms with Crippen LogP contribution in [0.2, 0.25) is 0 Å². The van der Waals surface area contributed by atoms with Crippen LogP contribution in [0.1, 0.15) is 18.9 Å². The van der Waals surface area contributed by atoms with Crippen LogP contribution in [0, 0.1) is 5.92 Å². The first-order valence-electron chi connectivity index (χ1n) is 6.82. The lowest BCUT2D eigenvalue weighted by Crippen LogP contribution is -2.31. The highest BCUT2D eigenvalue weighted by atomic mass is 16.2. The molecule has 2 aromatic heterocycles. The number of hydrogen-bond acceptors (Lipinski definition) is 4. The monoisotopic (exact) mass is 279 g/mol. The van der Waals surface area contributed by atoms with Gasteiger partial charge in [-0.2, -0.15) is 5.10 Å². The molecular formula is C15H13N5O. The fourth-order valence-electron chi connectivity index (χ4n) is 2.78. The van der Waals surface area contributed by atoms with Gasteiger partial charge in [-0.3, -0.25) is 9.20 Å². The molecule has 0 spiro atoms. The number of rotatable bonds is 1. The predicted octanol–water partition coefficient (Wildman–Crippen LogP) is 1.74. The smallest absolute Gasteiger partial charge is 0.240 e. The average molecular weight is 279 g/mol. The van der Waals surface area contributed by atoms with Crippen LogP contribution in [-0.4, -0.2) is 26.2 Å². The molecule has 3 aromatic rings. The summed E-state index contributed by atoms with van der Waals surface area (Å²) in [5.41, 5.74) is 6.38. The Morgan fingerprint density at radius 2 is 2.19 bits per heavy atom. The lowest BCUT2D eigenvalue weighted by atomic mass is 9.93. The lowest BCUT2D eigenvalue weighted by Gasteiger charge is -2.19. The van der Waals surface area contributed by atoms with E-state index in [2.05, 4.69) is 26.8 Å². The van der Waals surface area contributed by atoms with E-state index in [1.54, 1.807) is 6.33 Å². The average Bonchev–Trinajstić information content (AvgIpc) is 2.95. The molecule has 0 saturated carbocycles. The van der Waals surface area contributed by atoms with Crippen molar-refractivity contribution in [1.82, 2.24) is 20.0 Å². The van der Waals surface area contributed by atoms with Crippen molar-refractivity contribution in [3.63, 3.8) is 0 Å². The molecule has 6 heteroatoms. The van der Waals surface area contributed by atoms with Crippen LogP contribution in [0.3, 0.4) is 0 Å². The number of hydrazone groups is 1. The summed E-state index contributed by atoms with van der Waals surface area (Å²) >= 11 is 0. The number of fused-ring (bicyclic) bond motifs is 3. The molecule has 1 unspecified atom stereocenters. The number of amides is 1. The van der Waals surface area contributed by atoms with Crippen molar-refractivity contribution in [1.29, 1.82) is 0 Å². The quantitative estimate of drug-likeness (QED) is 0.737. The Hall–Kier alpha value is -2.76. The molecule has 0 bridgehead atoms. The van der Waals surface area contributed by atoms with Gasteiger partial charge in [-0.25, -0.2) is 5.43 Å². The molecule has 0 fully saturated rings. The number of carbonyl (C=O) groups is 1. The van der Waals surface area contributed by atoms with E-state index in [9.17, 15) is 4.79 Å². The summed E-state index contributed by atoms with van der Waals surface area (Å²) in [5, 5.41) is 13.3. The Morgan fingerprint density at radius 3 is 3.05 bits per heavy atom. The second kappa shape index (κ2) is 4.37. The summed E-state index contributed by atoms with van der Waals surface area (Å²) in [5.74, 6) is 0.0908. The largest absolute Gasteiger partial charge is 0.282 e. The molecule has 4 rings (SSSR count). The summed E-state index contributed by atoms with van der Waals surface area (Å²) in [6, 6.07) is 10.1. The van der Waals surface area contributed by atoms with Crippen LogP contribution < -0.4 is 5.43 Å². The molecule has 0 aliphatic carbocycles. The zero-order chi connectivity index (χ0) is 14.4. The molecule has 1 aliphatic rings. The van der Waals surface area contributed by atoms with Crippen molar-refractivity contribution in [2.75, 3.05) is 0 Å². The van der Waals surface area contributed by atoms with Crippen molar-refractivity contribution in [3.8, 4) is 0 Å². The van der Waals surface area contributed by atoms with Crippen LogP contribution in [0.25, 0.3) is 16.6 Å². The van der Waals surface area contributed by atoms with Gasteiger partial charge in [0.25, 0.3) is 0 Å². The third-order valence-electron chi connectivity index (χ3n) is 3.83. The molecule has 1 amide bonds. The SMILES string of the molecule is CC1CC(=O)NN=C1c1ccc2c(ccc3nncn32)c1. The second-order valence-corrected chi connectivity index (χ2v) is 5.30. The lowest BCUT2D eigenvalue weighted by molar-refractivity contribution is -0.121. The van der Waals surface area contributed by atoms with E-state index in [1.807, 2.05) is 35.6 Å². The maximum absolute atomic E-state index is 11.3. The van der Waals surface area contributed by atoms with Crippen molar-refractivity contribution in [2.24, 2.45) is 11.0 Å². The number of pyridine rings is 1. The van der Waals surface area contributed by atoms with E-state index >= 15 is 0 Å². The zero-order valence-electron chi connectivity index (χ0n) is 11.4. The fraction of sp³-hybridized carbons (Fsp3) is 0.200. The normalized spacial score (nSPS) is 18.8. The maximum atomic E-state index is 11.3. The highest BCUT2D eigenvalue weighted by Crippen LogP contribution is 2.22. The van der Waals surface area contributed by atoms with E-state index < -0.39 is 0 Å².